The Morgan fingerprint density at radius 2 is 1.70 bits per heavy atom. The summed E-state index contributed by atoms with van der Waals surface area (Å²) in [6.45, 7) is 0. The van der Waals surface area contributed by atoms with Crippen LogP contribution in [0.25, 0.3) is 11.2 Å². The van der Waals surface area contributed by atoms with Gasteiger partial charge in [0.05, 0.1) is 6.33 Å². The lowest BCUT2D eigenvalue weighted by molar-refractivity contribution is 0.410. The Morgan fingerprint density at radius 3 is 2.48 bits per heavy atom. The maximum Gasteiger partial charge on any atom is 0.227 e. The third-order valence-corrected chi connectivity index (χ3v) is 5.09. The smallest absolute Gasteiger partial charge is 0.227 e. The van der Waals surface area contributed by atoms with Gasteiger partial charge in [0, 0.05) is 18.1 Å². The number of hydrogen-bond acceptors (Lipinski definition) is 6. The first-order chi connectivity index (χ1) is 11.3. The summed E-state index contributed by atoms with van der Waals surface area (Å²) in [7, 11) is 0. The Hall–Kier alpha value is -1.89. The maximum atomic E-state index is 5.98. The molecular formula is C16H25N7. The van der Waals surface area contributed by atoms with Crippen LogP contribution < -0.4 is 16.4 Å². The summed E-state index contributed by atoms with van der Waals surface area (Å²) in [6.07, 6.45) is 11.0. The van der Waals surface area contributed by atoms with Crippen molar-refractivity contribution in [3.05, 3.63) is 6.33 Å². The molecule has 0 atom stereocenters. The zero-order valence-corrected chi connectivity index (χ0v) is 13.4. The number of aromatic amines is 1. The molecular weight excluding hydrogens is 290 g/mol. The minimum Gasteiger partial charge on any atom is -0.365 e. The van der Waals surface area contributed by atoms with E-state index in [1.54, 1.807) is 6.33 Å². The quantitative estimate of drug-likeness (QED) is 0.690. The molecule has 0 bridgehead atoms. The molecule has 0 amide bonds. The Labute approximate surface area is 135 Å². The minimum absolute atomic E-state index is 0.349. The van der Waals surface area contributed by atoms with Crippen LogP contribution in [0.3, 0.4) is 0 Å². The van der Waals surface area contributed by atoms with E-state index in [4.69, 9.17) is 10.7 Å². The van der Waals surface area contributed by atoms with Crippen LogP contribution in [-0.2, 0) is 0 Å². The first kappa shape index (κ1) is 14.7. The molecule has 2 fully saturated rings. The molecule has 2 aromatic rings. The van der Waals surface area contributed by atoms with Crippen LogP contribution in [0.15, 0.2) is 6.33 Å². The summed E-state index contributed by atoms with van der Waals surface area (Å²) in [4.78, 5) is 16.7. The van der Waals surface area contributed by atoms with Gasteiger partial charge in [-0.25, -0.2) is 4.98 Å². The number of H-pyrrole nitrogens is 1. The second-order valence-corrected chi connectivity index (χ2v) is 6.88. The maximum absolute atomic E-state index is 5.98. The van der Waals surface area contributed by atoms with Crippen LogP contribution in [0.5, 0.6) is 0 Å². The zero-order chi connectivity index (χ0) is 15.6. The summed E-state index contributed by atoms with van der Waals surface area (Å²) in [5.74, 6) is 1.54. The number of rotatable bonds is 4. The van der Waals surface area contributed by atoms with Gasteiger partial charge in [0.25, 0.3) is 0 Å². The molecule has 124 valence electrons. The number of nitrogens with zero attached hydrogens (tertiary/aromatic N) is 3. The lowest BCUT2D eigenvalue weighted by Gasteiger charge is -2.27. The highest BCUT2D eigenvalue weighted by molar-refractivity contribution is 5.83. The van der Waals surface area contributed by atoms with Crippen LogP contribution in [0.1, 0.15) is 51.4 Å². The highest BCUT2D eigenvalue weighted by atomic mass is 15.2. The standard InChI is InChI=1S/C16H25N7/c17-10-5-7-12(8-6-10)21-16-22-14-13(18-9-19-14)15(23-16)20-11-3-1-2-4-11/h9-12H,1-8,17H2,(H3,18,19,20,21,22,23). The molecule has 5 N–H and O–H groups in total. The Kier molecular flexibility index (Phi) is 4.03. The van der Waals surface area contributed by atoms with E-state index < -0.39 is 0 Å². The molecule has 2 aliphatic carbocycles. The second kappa shape index (κ2) is 6.31. The highest BCUT2D eigenvalue weighted by Crippen LogP contribution is 2.26. The number of anilines is 2. The molecule has 2 aliphatic rings. The predicted octanol–water partition coefficient (Wildman–Crippen LogP) is 2.39. The number of nitrogens with one attached hydrogen (secondary N) is 3. The molecule has 7 heteroatoms. The van der Waals surface area contributed by atoms with Crippen molar-refractivity contribution in [3.63, 3.8) is 0 Å². The summed E-state index contributed by atoms with van der Waals surface area (Å²) in [5.41, 5.74) is 7.60. The van der Waals surface area contributed by atoms with Crippen molar-refractivity contribution in [1.29, 1.82) is 0 Å². The van der Waals surface area contributed by atoms with Crippen LogP contribution in [-0.4, -0.2) is 38.1 Å². The topological polar surface area (TPSA) is 105 Å². The fraction of sp³-hybridized carbons (Fsp3) is 0.688. The fourth-order valence-electron chi connectivity index (χ4n) is 3.71. The van der Waals surface area contributed by atoms with Gasteiger partial charge in [-0.3, -0.25) is 0 Å². The van der Waals surface area contributed by atoms with Gasteiger partial charge in [-0.15, -0.1) is 0 Å². The van der Waals surface area contributed by atoms with Crippen molar-refractivity contribution in [1.82, 2.24) is 19.9 Å². The van der Waals surface area contributed by atoms with Gasteiger partial charge in [0.15, 0.2) is 11.5 Å². The SMILES string of the molecule is NC1CCC(Nc2nc(NC3CCCC3)c3[nH]cnc3n2)CC1. The first-order valence-electron chi connectivity index (χ1n) is 8.78. The van der Waals surface area contributed by atoms with E-state index in [-0.39, 0.29) is 0 Å². The molecule has 2 aromatic heterocycles. The van der Waals surface area contributed by atoms with Crippen LogP contribution in [0.4, 0.5) is 11.8 Å². The van der Waals surface area contributed by atoms with Crippen LogP contribution >= 0.6 is 0 Å². The monoisotopic (exact) mass is 315 g/mol. The molecule has 7 nitrogen and oxygen atoms in total. The average Bonchev–Trinajstić information content (AvgIpc) is 3.21. The van der Waals surface area contributed by atoms with E-state index in [0.717, 1.165) is 42.7 Å². The zero-order valence-electron chi connectivity index (χ0n) is 13.4. The molecule has 0 aliphatic heterocycles. The summed E-state index contributed by atoms with van der Waals surface area (Å²) in [6, 6.07) is 1.27. The van der Waals surface area contributed by atoms with Crippen molar-refractivity contribution in [3.8, 4) is 0 Å². The lowest BCUT2D eigenvalue weighted by Crippen LogP contribution is -2.33. The molecule has 0 spiro atoms. The van der Waals surface area contributed by atoms with Gasteiger partial charge in [0.2, 0.25) is 5.95 Å². The normalized spacial score (nSPS) is 25.8. The summed E-state index contributed by atoms with van der Waals surface area (Å²) < 4.78 is 0. The third kappa shape index (κ3) is 3.24. The largest absolute Gasteiger partial charge is 0.365 e. The average molecular weight is 315 g/mol. The van der Waals surface area contributed by atoms with Crippen molar-refractivity contribution < 1.29 is 0 Å². The second-order valence-electron chi connectivity index (χ2n) is 6.88. The first-order valence-corrected chi connectivity index (χ1v) is 8.78. The molecule has 2 heterocycles. The van der Waals surface area contributed by atoms with E-state index in [9.17, 15) is 0 Å². The summed E-state index contributed by atoms with van der Waals surface area (Å²) >= 11 is 0. The molecule has 23 heavy (non-hydrogen) atoms. The van der Waals surface area contributed by atoms with Crippen molar-refractivity contribution in [2.24, 2.45) is 5.73 Å². The van der Waals surface area contributed by atoms with Crippen molar-refractivity contribution in [2.75, 3.05) is 10.6 Å². The van der Waals surface area contributed by atoms with Gasteiger partial charge in [0.1, 0.15) is 5.52 Å². The van der Waals surface area contributed by atoms with Gasteiger partial charge >= 0.3 is 0 Å². The lowest BCUT2D eigenvalue weighted by atomic mass is 9.92. The molecule has 2 saturated carbocycles. The van der Waals surface area contributed by atoms with E-state index in [1.807, 2.05) is 0 Å². The summed E-state index contributed by atoms with van der Waals surface area (Å²) in [5, 5.41) is 7.05. The molecule has 4 rings (SSSR count). The molecule has 0 aromatic carbocycles. The Balaban J connectivity index is 1.54. The number of fused-ring (bicyclic) bond motifs is 1. The molecule has 0 radical (unpaired) electrons. The van der Waals surface area contributed by atoms with Gasteiger partial charge in [-0.1, -0.05) is 12.8 Å². The van der Waals surface area contributed by atoms with Crippen LogP contribution in [0.2, 0.25) is 0 Å². The minimum atomic E-state index is 0.349. The number of hydrogen-bond donors (Lipinski definition) is 4. The van der Waals surface area contributed by atoms with Gasteiger partial charge < -0.3 is 21.4 Å². The van der Waals surface area contributed by atoms with E-state index >= 15 is 0 Å². The Morgan fingerprint density at radius 1 is 0.957 bits per heavy atom. The van der Waals surface area contributed by atoms with Crippen LogP contribution in [0, 0.1) is 0 Å². The van der Waals surface area contributed by atoms with E-state index in [2.05, 4.69) is 25.6 Å². The van der Waals surface area contributed by atoms with E-state index in [0.29, 0.717) is 24.1 Å². The molecule has 0 saturated heterocycles. The number of aromatic nitrogens is 4. The predicted molar refractivity (Wildman–Crippen MR) is 91.4 cm³/mol. The fourth-order valence-corrected chi connectivity index (χ4v) is 3.71. The number of nitrogens with two attached hydrogens (primary N) is 1. The highest BCUT2D eigenvalue weighted by Gasteiger charge is 2.21. The number of imidazole rings is 1. The van der Waals surface area contributed by atoms with E-state index in [1.165, 1.54) is 25.7 Å². The van der Waals surface area contributed by atoms with Crippen molar-refractivity contribution >= 4 is 22.9 Å². The molecule has 0 unspecified atom stereocenters. The van der Waals surface area contributed by atoms with Gasteiger partial charge in [-0.2, -0.15) is 9.97 Å². The van der Waals surface area contributed by atoms with Crippen molar-refractivity contribution in [2.45, 2.75) is 69.5 Å². The Bertz CT molecular complexity index is 653. The third-order valence-electron chi connectivity index (χ3n) is 5.09. The van der Waals surface area contributed by atoms with Gasteiger partial charge in [-0.05, 0) is 38.5 Å².